The first-order chi connectivity index (χ1) is 16.5. The number of methoxy groups -OCH3 is 1. The number of nitrogens with one attached hydrogen (secondary N) is 2. The number of hydrogen-bond acceptors (Lipinski definition) is 7. The zero-order valence-electron chi connectivity index (χ0n) is 18.1. The van der Waals surface area contributed by atoms with Crippen LogP contribution in [-0.4, -0.2) is 25.5 Å². The van der Waals surface area contributed by atoms with Gasteiger partial charge >= 0.3 is 0 Å². The third kappa shape index (κ3) is 4.43. The summed E-state index contributed by atoms with van der Waals surface area (Å²) in [6, 6.07) is 25.1. The van der Waals surface area contributed by atoms with Gasteiger partial charge in [0.05, 0.1) is 28.1 Å². The summed E-state index contributed by atoms with van der Waals surface area (Å²) >= 11 is 1.56. The minimum absolute atomic E-state index is 0.111. The van der Waals surface area contributed by atoms with Gasteiger partial charge in [0.2, 0.25) is 0 Å². The molecule has 0 radical (unpaired) electrons. The van der Waals surface area contributed by atoms with Gasteiger partial charge in [-0.1, -0.05) is 36.4 Å². The molecule has 0 unspecified atom stereocenters. The number of rotatable bonds is 7. The van der Waals surface area contributed by atoms with E-state index < -0.39 is 10.0 Å². The molecule has 5 aromatic rings. The first-order valence-corrected chi connectivity index (χ1v) is 12.7. The molecule has 0 spiro atoms. The molecule has 3 aromatic carbocycles. The van der Waals surface area contributed by atoms with E-state index in [2.05, 4.69) is 15.0 Å². The molecule has 0 saturated carbocycles. The first kappa shape index (κ1) is 21.9. The average molecular weight is 489 g/mol. The molecule has 2 aromatic heterocycles. The van der Waals surface area contributed by atoms with Crippen molar-refractivity contribution < 1.29 is 13.2 Å². The van der Waals surface area contributed by atoms with Crippen LogP contribution in [-0.2, 0) is 10.0 Å². The van der Waals surface area contributed by atoms with E-state index in [9.17, 15) is 8.42 Å². The van der Waals surface area contributed by atoms with E-state index in [4.69, 9.17) is 9.72 Å². The zero-order valence-corrected chi connectivity index (χ0v) is 19.7. The van der Waals surface area contributed by atoms with Crippen molar-refractivity contribution in [3.63, 3.8) is 0 Å². The molecule has 0 saturated heterocycles. The highest BCUT2D eigenvalue weighted by Crippen LogP contribution is 2.31. The number of anilines is 3. The second kappa shape index (κ2) is 9.12. The molecule has 0 aliphatic heterocycles. The average Bonchev–Trinajstić information content (AvgIpc) is 3.39. The topological polar surface area (TPSA) is 93.2 Å². The Kier molecular flexibility index (Phi) is 5.87. The Hall–Kier alpha value is -3.95. The fourth-order valence-electron chi connectivity index (χ4n) is 3.50. The summed E-state index contributed by atoms with van der Waals surface area (Å²) in [6.45, 7) is 0. The van der Waals surface area contributed by atoms with E-state index in [0.717, 1.165) is 15.8 Å². The van der Waals surface area contributed by atoms with Gasteiger partial charge in [-0.25, -0.2) is 18.4 Å². The molecule has 0 aliphatic rings. The zero-order chi connectivity index (χ0) is 23.5. The third-order valence-corrected chi connectivity index (χ3v) is 7.33. The number of hydrogen-bond donors (Lipinski definition) is 2. The first-order valence-electron chi connectivity index (χ1n) is 10.4. The lowest BCUT2D eigenvalue weighted by molar-refractivity contribution is 0.417. The molecular formula is C25H20N4O3S2. The largest absolute Gasteiger partial charge is 0.495 e. The second-order valence-corrected chi connectivity index (χ2v) is 9.98. The monoisotopic (exact) mass is 488 g/mol. The van der Waals surface area contributed by atoms with E-state index in [1.165, 1.54) is 13.2 Å². The number of nitrogens with zero attached hydrogens (tertiary/aromatic N) is 2. The molecule has 170 valence electrons. The van der Waals surface area contributed by atoms with Crippen molar-refractivity contribution >= 4 is 49.5 Å². The number of benzene rings is 3. The third-order valence-electron chi connectivity index (χ3n) is 5.10. The van der Waals surface area contributed by atoms with Crippen LogP contribution in [0, 0.1) is 0 Å². The number of ether oxygens (including phenoxy) is 1. The summed E-state index contributed by atoms with van der Waals surface area (Å²) in [7, 11) is -2.35. The lowest BCUT2D eigenvalue weighted by atomic mass is 10.2. The minimum atomic E-state index is -3.85. The Labute approximate surface area is 201 Å². The lowest BCUT2D eigenvalue weighted by Gasteiger charge is -2.14. The Balaban J connectivity index is 1.50. The van der Waals surface area contributed by atoms with Crippen molar-refractivity contribution in [3.05, 3.63) is 90.3 Å². The van der Waals surface area contributed by atoms with Crippen LogP contribution >= 0.6 is 11.3 Å². The van der Waals surface area contributed by atoms with Crippen LogP contribution in [0.15, 0.2) is 95.2 Å². The van der Waals surface area contributed by atoms with Gasteiger partial charge in [-0.2, -0.15) is 0 Å². The van der Waals surface area contributed by atoms with Crippen molar-refractivity contribution in [1.29, 1.82) is 0 Å². The number of para-hydroxylation sites is 3. The molecule has 0 bridgehead atoms. The Bertz CT molecular complexity index is 1570. The summed E-state index contributed by atoms with van der Waals surface area (Å²) in [5.74, 6) is 1.65. The van der Waals surface area contributed by atoms with Gasteiger partial charge in [-0.05, 0) is 53.9 Å². The molecule has 0 aliphatic carbocycles. The van der Waals surface area contributed by atoms with Crippen molar-refractivity contribution in [3.8, 4) is 16.5 Å². The highest BCUT2D eigenvalue weighted by molar-refractivity contribution is 7.92. The maximum absolute atomic E-state index is 13.1. The molecule has 34 heavy (non-hydrogen) atoms. The SMILES string of the molecule is COc1ccccc1NS(=O)(=O)c1cccc(Nc2nc(-c3cccs3)nc3ccccc23)c1. The highest BCUT2D eigenvalue weighted by Gasteiger charge is 2.17. The van der Waals surface area contributed by atoms with Gasteiger partial charge in [-0.15, -0.1) is 11.3 Å². The van der Waals surface area contributed by atoms with Crippen LogP contribution in [0.5, 0.6) is 5.75 Å². The van der Waals surface area contributed by atoms with Crippen molar-refractivity contribution in [2.45, 2.75) is 4.90 Å². The van der Waals surface area contributed by atoms with E-state index in [1.807, 2.05) is 41.8 Å². The van der Waals surface area contributed by atoms with E-state index in [0.29, 0.717) is 28.8 Å². The van der Waals surface area contributed by atoms with E-state index in [-0.39, 0.29) is 4.90 Å². The normalized spacial score (nSPS) is 11.3. The Morgan fingerprint density at radius 2 is 1.71 bits per heavy atom. The summed E-state index contributed by atoms with van der Waals surface area (Å²) in [5.41, 5.74) is 1.75. The number of fused-ring (bicyclic) bond motifs is 1. The standard InChI is InChI=1S/C25H20N4O3S2/c1-32-22-13-5-4-12-21(22)29-34(30,31)18-9-6-8-17(16-18)26-24-19-10-2-3-11-20(19)27-25(28-24)23-14-7-15-33-23/h2-16,29H,1H3,(H,26,27,28). The van der Waals surface area contributed by atoms with Crippen molar-refractivity contribution in [2.24, 2.45) is 0 Å². The van der Waals surface area contributed by atoms with Crippen LogP contribution in [0.3, 0.4) is 0 Å². The number of sulfonamides is 1. The quantitative estimate of drug-likeness (QED) is 0.296. The molecule has 0 atom stereocenters. The van der Waals surface area contributed by atoms with E-state index in [1.54, 1.807) is 53.8 Å². The molecule has 2 heterocycles. The lowest BCUT2D eigenvalue weighted by Crippen LogP contribution is -2.13. The predicted molar refractivity (Wildman–Crippen MR) is 136 cm³/mol. The number of aromatic nitrogens is 2. The molecule has 9 heteroatoms. The maximum Gasteiger partial charge on any atom is 0.262 e. The van der Waals surface area contributed by atoms with Gasteiger partial charge in [0.25, 0.3) is 10.0 Å². The van der Waals surface area contributed by atoms with Crippen LogP contribution < -0.4 is 14.8 Å². The van der Waals surface area contributed by atoms with Crippen LogP contribution in [0.1, 0.15) is 0 Å². The fourth-order valence-corrected chi connectivity index (χ4v) is 5.27. The maximum atomic E-state index is 13.1. The van der Waals surface area contributed by atoms with Gasteiger partial charge in [0, 0.05) is 11.1 Å². The molecule has 0 amide bonds. The predicted octanol–water partition coefficient (Wildman–Crippen LogP) is 5.91. The van der Waals surface area contributed by atoms with Gasteiger partial charge in [0.15, 0.2) is 5.82 Å². The second-order valence-electron chi connectivity index (χ2n) is 7.35. The van der Waals surface area contributed by atoms with Gasteiger partial charge < -0.3 is 10.1 Å². The van der Waals surface area contributed by atoms with Gasteiger partial charge in [-0.3, -0.25) is 4.72 Å². The van der Waals surface area contributed by atoms with E-state index >= 15 is 0 Å². The minimum Gasteiger partial charge on any atom is -0.495 e. The fraction of sp³-hybridized carbons (Fsp3) is 0.0400. The van der Waals surface area contributed by atoms with Crippen LogP contribution in [0.2, 0.25) is 0 Å². The Morgan fingerprint density at radius 3 is 2.53 bits per heavy atom. The molecule has 7 nitrogen and oxygen atoms in total. The Morgan fingerprint density at radius 1 is 0.882 bits per heavy atom. The van der Waals surface area contributed by atoms with Crippen molar-refractivity contribution in [2.75, 3.05) is 17.1 Å². The molecule has 0 fully saturated rings. The molecular weight excluding hydrogens is 468 g/mol. The van der Waals surface area contributed by atoms with Crippen molar-refractivity contribution in [1.82, 2.24) is 9.97 Å². The van der Waals surface area contributed by atoms with Crippen LogP contribution in [0.25, 0.3) is 21.6 Å². The summed E-state index contributed by atoms with van der Waals surface area (Å²) in [4.78, 5) is 10.5. The van der Waals surface area contributed by atoms with Crippen LogP contribution in [0.4, 0.5) is 17.2 Å². The van der Waals surface area contributed by atoms with Gasteiger partial charge in [0.1, 0.15) is 11.6 Å². The summed E-state index contributed by atoms with van der Waals surface area (Å²) in [5, 5.41) is 6.10. The highest BCUT2D eigenvalue weighted by atomic mass is 32.2. The molecule has 5 rings (SSSR count). The number of thiophene rings is 1. The summed E-state index contributed by atoms with van der Waals surface area (Å²) < 4.78 is 34.0. The molecule has 2 N–H and O–H groups in total. The smallest absolute Gasteiger partial charge is 0.262 e. The summed E-state index contributed by atoms with van der Waals surface area (Å²) in [6.07, 6.45) is 0.